The van der Waals surface area contributed by atoms with Crippen LogP contribution < -0.4 is 5.32 Å². The van der Waals surface area contributed by atoms with Crippen molar-refractivity contribution in [2.75, 3.05) is 13.1 Å². The minimum Gasteiger partial charge on any atom is -0.388 e. The molecule has 4 atom stereocenters. The molecular weight excluding hydrogens is 378 g/mol. The molecule has 0 aromatic heterocycles. The summed E-state index contributed by atoms with van der Waals surface area (Å²) in [6.07, 6.45) is 9.30. The Morgan fingerprint density at radius 1 is 1.10 bits per heavy atom. The number of hydrogen-bond acceptors (Lipinski definition) is 2. The summed E-state index contributed by atoms with van der Waals surface area (Å²) in [4.78, 5) is 0. The highest BCUT2D eigenvalue weighted by molar-refractivity contribution is 5.41. The van der Waals surface area contributed by atoms with Crippen LogP contribution in [0.3, 0.4) is 0 Å². The molecule has 4 rings (SSSR count). The Labute approximate surface area is 189 Å². The van der Waals surface area contributed by atoms with Gasteiger partial charge in [0.2, 0.25) is 0 Å². The summed E-state index contributed by atoms with van der Waals surface area (Å²) in [5.74, 6) is 0.727. The molecule has 2 nitrogen and oxygen atoms in total. The van der Waals surface area contributed by atoms with Gasteiger partial charge in [0, 0.05) is 6.54 Å². The zero-order valence-electron chi connectivity index (χ0n) is 19.8. The van der Waals surface area contributed by atoms with Gasteiger partial charge in [0.1, 0.15) is 0 Å². The fraction of sp³-hybridized carbons (Fsp3) is 0.586. The summed E-state index contributed by atoms with van der Waals surface area (Å²) in [7, 11) is 0. The molecule has 2 heteroatoms. The van der Waals surface area contributed by atoms with Gasteiger partial charge in [-0.05, 0) is 84.1 Å². The topological polar surface area (TPSA) is 32.3 Å². The molecule has 0 saturated heterocycles. The van der Waals surface area contributed by atoms with Crippen molar-refractivity contribution in [3.05, 3.63) is 70.8 Å². The van der Waals surface area contributed by atoms with Crippen molar-refractivity contribution < 1.29 is 5.11 Å². The molecule has 2 N–H and O–H groups in total. The number of aliphatic hydroxyl groups is 1. The van der Waals surface area contributed by atoms with E-state index in [0.717, 1.165) is 31.0 Å². The number of fused-ring (bicyclic) bond motifs is 3. The molecule has 4 unspecified atom stereocenters. The van der Waals surface area contributed by atoms with E-state index >= 15 is 0 Å². The Kier molecular flexibility index (Phi) is 6.89. The van der Waals surface area contributed by atoms with Crippen molar-refractivity contribution in [3.63, 3.8) is 0 Å². The Balaban J connectivity index is 1.41. The van der Waals surface area contributed by atoms with E-state index in [1.54, 1.807) is 11.1 Å². The van der Waals surface area contributed by atoms with Crippen LogP contribution in [0.15, 0.2) is 48.5 Å². The van der Waals surface area contributed by atoms with Crippen LogP contribution in [0.1, 0.15) is 87.7 Å². The molecule has 0 heterocycles. The number of rotatable bonds is 8. The SMILES string of the molecule is CCCc1ccc2c(c1)CCC1C(C)(CNCCC(O)c3ccccc3)CCCC21C. The molecule has 2 aliphatic carbocycles. The maximum absolute atomic E-state index is 10.5. The lowest BCUT2D eigenvalue weighted by Gasteiger charge is -2.55. The minimum atomic E-state index is -0.378. The number of hydrogen-bond donors (Lipinski definition) is 2. The summed E-state index contributed by atoms with van der Waals surface area (Å²) >= 11 is 0. The standard InChI is InChI=1S/C29H41NO/c1-4-9-22-12-14-25-24(20-22)13-15-27-28(2,17-8-18-29(25,27)3)21-30-19-16-26(31)23-10-6-5-7-11-23/h5-7,10-12,14,20,26-27,30-31H,4,8-9,13,15-19,21H2,1-3H3. The Bertz CT molecular complexity index is 862. The summed E-state index contributed by atoms with van der Waals surface area (Å²) in [6.45, 7) is 9.26. The van der Waals surface area contributed by atoms with Gasteiger partial charge < -0.3 is 10.4 Å². The highest BCUT2D eigenvalue weighted by atomic mass is 16.3. The van der Waals surface area contributed by atoms with Crippen LogP contribution in [0, 0.1) is 11.3 Å². The lowest BCUT2D eigenvalue weighted by molar-refractivity contribution is 0.0253. The van der Waals surface area contributed by atoms with E-state index < -0.39 is 0 Å². The first-order valence-electron chi connectivity index (χ1n) is 12.5. The molecule has 0 amide bonds. The van der Waals surface area contributed by atoms with E-state index in [9.17, 15) is 5.11 Å². The molecule has 1 fully saturated rings. The van der Waals surface area contributed by atoms with Crippen molar-refractivity contribution in [1.29, 1.82) is 0 Å². The second-order valence-electron chi connectivity index (χ2n) is 10.6. The quantitative estimate of drug-likeness (QED) is 0.488. The summed E-state index contributed by atoms with van der Waals surface area (Å²) in [5.41, 5.74) is 6.41. The largest absolute Gasteiger partial charge is 0.388 e. The van der Waals surface area contributed by atoms with Crippen molar-refractivity contribution in [2.24, 2.45) is 11.3 Å². The maximum atomic E-state index is 10.5. The Morgan fingerprint density at radius 3 is 2.68 bits per heavy atom. The van der Waals surface area contributed by atoms with Crippen LogP contribution in [-0.4, -0.2) is 18.2 Å². The van der Waals surface area contributed by atoms with Gasteiger partial charge in [-0.3, -0.25) is 0 Å². The van der Waals surface area contributed by atoms with Crippen molar-refractivity contribution in [2.45, 2.75) is 83.7 Å². The monoisotopic (exact) mass is 419 g/mol. The molecule has 0 bridgehead atoms. The minimum absolute atomic E-state index is 0.302. The molecule has 2 aliphatic rings. The van der Waals surface area contributed by atoms with Gasteiger partial charge in [0.25, 0.3) is 0 Å². The lowest BCUT2D eigenvalue weighted by Crippen LogP contribution is -2.52. The number of benzene rings is 2. The molecule has 2 aromatic rings. The molecule has 168 valence electrons. The summed E-state index contributed by atoms with van der Waals surface area (Å²) in [6, 6.07) is 17.4. The average Bonchev–Trinajstić information content (AvgIpc) is 2.77. The Hall–Kier alpha value is -1.64. The third-order valence-electron chi connectivity index (χ3n) is 8.39. The van der Waals surface area contributed by atoms with Gasteiger partial charge in [-0.2, -0.15) is 0 Å². The van der Waals surface area contributed by atoms with Gasteiger partial charge in [0.05, 0.1) is 6.10 Å². The van der Waals surface area contributed by atoms with Gasteiger partial charge in [-0.15, -0.1) is 0 Å². The van der Waals surface area contributed by atoms with Crippen LogP contribution in [0.25, 0.3) is 0 Å². The van der Waals surface area contributed by atoms with Crippen molar-refractivity contribution in [3.8, 4) is 0 Å². The first-order chi connectivity index (χ1) is 15.0. The lowest BCUT2D eigenvalue weighted by atomic mass is 9.49. The number of aliphatic hydroxyl groups excluding tert-OH is 1. The fourth-order valence-electron chi connectivity index (χ4n) is 6.79. The first kappa shape index (κ1) is 22.6. The molecule has 0 radical (unpaired) electrons. The average molecular weight is 420 g/mol. The van der Waals surface area contributed by atoms with Gasteiger partial charge in [-0.1, -0.05) is 82.1 Å². The second kappa shape index (κ2) is 9.46. The van der Waals surface area contributed by atoms with E-state index in [2.05, 4.69) is 44.3 Å². The number of aryl methyl sites for hydroxylation is 2. The van der Waals surface area contributed by atoms with Gasteiger partial charge in [-0.25, -0.2) is 0 Å². The molecule has 31 heavy (non-hydrogen) atoms. The summed E-state index contributed by atoms with van der Waals surface area (Å²) < 4.78 is 0. The van der Waals surface area contributed by atoms with Crippen molar-refractivity contribution in [1.82, 2.24) is 5.32 Å². The highest BCUT2D eigenvalue weighted by Crippen LogP contribution is 2.57. The Morgan fingerprint density at radius 2 is 1.90 bits per heavy atom. The van der Waals surface area contributed by atoms with E-state index in [-0.39, 0.29) is 6.10 Å². The fourth-order valence-corrected chi connectivity index (χ4v) is 6.79. The number of nitrogens with one attached hydrogen (secondary N) is 1. The first-order valence-corrected chi connectivity index (χ1v) is 12.5. The third-order valence-corrected chi connectivity index (χ3v) is 8.39. The van der Waals surface area contributed by atoms with E-state index in [0.29, 0.717) is 10.8 Å². The normalized spacial score (nSPS) is 28.6. The zero-order chi connectivity index (χ0) is 21.9. The van der Waals surface area contributed by atoms with E-state index in [1.165, 1.54) is 50.5 Å². The highest BCUT2D eigenvalue weighted by Gasteiger charge is 2.51. The van der Waals surface area contributed by atoms with Crippen LogP contribution >= 0.6 is 0 Å². The van der Waals surface area contributed by atoms with Gasteiger partial charge in [0.15, 0.2) is 0 Å². The maximum Gasteiger partial charge on any atom is 0.0802 e. The van der Waals surface area contributed by atoms with Crippen LogP contribution in [-0.2, 0) is 18.3 Å². The molecule has 0 spiro atoms. The smallest absolute Gasteiger partial charge is 0.0802 e. The van der Waals surface area contributed by atoms with Crippen LogP contribution in [0.4, 0.5) is 0 Å². The van der Waals surface area contributed by atoms with Gasteiger partial charge >= 0.3 is 0 Å². The van der Waals surface area contributed by atoms with Crippen LogP contribution in [0.5, 0.6) is 0 Å². The zero-order valence-corrected chi connectivity index (χ0v) is 19.8. The summed E-state index contributed by atoms with van der Waals surface area (Å²) in [5, 5.41) is 14.2. The molecule has 0 aliphatic heterocycles. The second-order valence-corrected chi connectivity index (χ2v) is 10.6. The van der Waals surface area contributed by atoms with Crippen LogP contribution in [0.2, 0.25) is 0 Å². The van der Waals surface area contributed by atoms with E-state index in [1.807, 2.05) is 30.3 Å². The molecule has 1 saturated carbocycles. The predicted molar refractivity (Wildman–Crippen MR) is 130 cm³/mol. The van der Waals surface area contributed by atoms with E-state index in [4.69, 9.17) is 0 Å². The van der Waals surface area contributed by atoms with Crippen molar-refractivity contribution >= 4 is 0 Å². The molecular formula is C29H41NO. The molecule has 2 aromatic carbocycles. The predicted octanol–water partition coefficient (Wildman–Crippen LogP) is 6.36. The third kappa shape index (κ3) is 4.61.